The van der Waals surface area contributed by atoms with Crippen molar-refractivity contribution in [2.75, 3.05) is 44.0 Å². The summed E-state index contributed by atoms with van der Waals surface area (Å²) in [6.45, 7) is 3.67. The zero-order valence-electron chi connectivity index (χ0n) is 12.8. The van der Waals surface area contributed by atoms with Crippen LogP contribution >= 0.6 is 0 Å². The number of carbonyl (C=O) groups excluding carboxylic acids is 1. The van der Waals surface area contributed by atoms with Crippen molar-refractivity contribution < 1.29 is 9.53 Å². The summed E-state index contributed by atoms with van der Waals surface area (Å²) >= 11 is 0. The summed E-state index contributed by atoms with van der Waals surface area (Å²) < 4.78 is 5.43. The topological polar surface area (TPSA) is 44.8 Å². The lowest BCUT2D eigenvalue weighted by Crippen LogP contribution is -2.27. The molecule has 1 fully saturated rings. The molecule has 5 nitrogen and oxygen atoms in total. The Bertz CT molecular complexity index is 526. The number of benzene rings is 1. The predicted molar refractivity (Wildman–Crippen MR) is 83.6 cm³/mol. The summed E-state index contributed by atoms with van der Waals surface area (Å²) in [5.41, 5.74) is 3.35. The highest BCUT2D eigenvalue weighted by Gasteiger charge is 2.24. The van der Waals surface area contributed by atoms with Crippen molar-refractivity contribution in [3.05, 3.63) is 23.8 Å². The third kappa shape index (κ3) is 3.19. The highest BCUT2D eigenvalue weighted by Crippen LogP contribution is 2.27. The van der Waals surface area contributed by atoms with Gasteiger partial charge in [0.15, 0.2) is 0 Å². The van der Waals surface area contributed by atoms with E-state index in [2.05, 4.69) is 41.3 Å². The lowest BCUT2D eigenvalue weighted by atomic mass is 10.1. The van der Waals surface area contributed by atoms with Gasteiger partial charge < -0.3 is 19.9 Å². The Hall–Kier alpha value is -1.59. The van der Waals surface area contributed by atoms with Crippen LogP contribution in [0.3, 0.4) is 0 Å². The zero-order valence-corrected chi connectivity index (χ0v) is 12.8. The van der Waals surface area contributed by atoms with Gasteiger partial charge in [-0.15, -0.1) is 0 Å². The molecule has 2 aliphatic rings. The minimum atomic E-state index is -0.285. The van der Waals surface area contributed by atoms with Crippen LogP contribution in [0.2, 0.25) is 0 Å². The van der Waals surface area contributed by atoms with Crippen molar-refractivity contribution in [1.82, 2.24) is 4.90 Å². The number of fused-ring (bicyclic) bond motifs is 1. The minimum Gasteiger partial charge on any atom is -0.373 e. The molecule has 0 aromatic heterocycles. The number of ether oxygens (including phenoxy) is 1. The summed E-state index contributed by atoms with van der Waals surface area (Å²) in [5, 5.41) is 2.98. The molecular formula is C16H23N3O2. The van der Waals surface area contributed by atoms with Crippen molar-refractivity contribution in [1.29, 1.82) is 0 Å². The van der Waals surface area contributed by atoms with Gasteiger partial charge in [-0.05, 0) is 37.6 Å². The smallest absolute Gasteiger partial charge is 0.253 e. The molecule has 114 valence electrons. The highest BCUT2D eigenvalue weighted by molar-refractivity contribution is 5.94. The average molecular weight is 289 g/mol. The van der Waals surface area contributed by atoms with Crippen LogP contribution in [0.15, 0.2) is 18.2 Å². The maximum Gasteiger partial charge on any atom is 0.253 e. The van der Waals surface area contributed by atoms with Crippen LogP contribution in [0.1, 0.15) is 18.4 Å². The molecule has 1 unspecified atom stereocenters. The molecule has 5 heteroatoms. The van der Waals surface area contributed by atoms with Gasteiger partial charge >= 0.3 is 0 Å². The van der Waals surface area contributed by atoms with Crippen LogP contribution in [-0.2, 0) is 16.1 Å². The van der Waals surface area contributed by atoms with Crippen LogP contribution in [0.5, 0.6) is 0 Å². The Balaban J connectivity index is 1.77. The zero-order chi connectivity index (χ0) is 14.8. The summed E-state index contributed by atoms with van der Waals surface area (Å²) in [6.07, 6.45) is 1.51. The SMILES string of the molecule is CN1CCN(C)c2cc(NC(=O)C3CCCO3)ccc2C1. The molecule has 0 aliphatic carbocycles. The van der Waals surface area contributed by atoms with E-state index in [9.17, 15) is 4.79 Å². The van der Waals surface area contributed by atoms with Crippen LogP contribution in [0.25, 0.3) is 0 Å². The van der Waals surface area contributed by atoms with Gasteiger partial charge in [0.25, 0.3) is 5.91 Å². The molecule has 0 spiro atoms. The summed E-state index contributed by atoms with van der Waals surface area (Å²) in [5.74, 6) is -0.0270. The van der Waals surface area contributed by atoms with Crippen LogP contribution in [-0.4, -0.2) is 50.7 Å². The molecule has 1 aromatic rings. The van der Waals surface area contributed by atoms with Gasteiger partial charge in [-0.1, -0.05) is 6.07 Å². The van der Waals surface area contributed by atoms with Gasteiger partial charge in [0, 0.05) is 44.7 Å². The molecule has 3 rings (SSSR count). The van der Waals surface area contributed by atoms with Crippen molar-refractivity contribution in [3.8, 4) is 0 Å². The predicted octanol–water partition coefficient (Wildman–Crippen LogP) is 1.69. The van der Waals surface area contributed by atoms with Crippen molar-refractivity contribution in [2.24, 2.45) is 0 Å². The number of hydrogen-bond acceptors (Lipinski definition) is 4. The van der Waals surface area contributed by atoms with Crippen LogP contribution in [0.4, 0.5) is 11.4 Å². The molecule has 2 heterocycles. The molecule has 0 bridgehead atoms. The fraction of sp³-hybridized carbons (Fsp3) is 0.562. The number of nitrogens with one attached hydrogen (secondary N) is 1. The van der Waals surface area contributed by atoms with Gasteiger partial charge in [-0.3, -0.25) is 4.79 Å². The van der Waals surface area contributed by atoms with Crippen molar-refractivity contribution in [2.45, 2.75) is 25.5 Å². The largest absolute Gasteiger partial charge is 0.373 e. The van der Waals surface area contributed by atoms with E-state index in [0.29, 0.717) is 6.61 Å². The highest BCUT2D eigenvalue weighted by atomic mass is 16.5. The van der Waals surface area contributed by atoms with E-state index in [-0.39, 0.29) is 12.0 Å². The normalized spacial score (nSPS) is 22.8. The molecule has 0 saturated carbocycles. The molecule has 21 heavy (non-hydrogen) atoms. The van der Waals surface area contributed by atoms with E-state index < -0.39 is 0 Å². The van der Waals surface area contributed by atoms with E-state index in [0.717, 1.165) is 38.2 Å². The molecule has 0 radical (unpaired) electrons. The number of amides is 1. The molecule has 2 aliphatic heterocycles. The Kier molecular flexibility index (Phi) is 4.12. The van der Waals surface area contributed by atoms with Gasteiger partial charge in [-0.25, -0.2) is 0 Å². The van der Waals surface area contributed by atoms with Gasteiger partial charge in [0.2, 0.25) is 0 Å². The van der Waals surface area contributed by atoms with Gasteiger partial charge in [-0.2, -0.15) is 0 Å². The number of carbonyl (C=O) groups is 1. The summed E-state index contributed by atoms with van der Waals surface area (Å²) in [4.78, 5) is 16.7. The van der Waals surface area contributed by atoms with E-state index in [4.69, 9.17) is 4.74 Å². The average Bonchev–Trinajstić information content (AvgIpc) is 2.96. The lowest BCUT2D eigenvalue weighted by Gasteiger charge is -2.20. The monoisotopic (exact) mass is 289 g/mol. The number of likely N-dealkylation sites (N-methyl/N-ethyl adjacent to an activating group) is 2. The first kappa shape index (κ1) is 14.4. The second-order valence-corrected chi connectivity index (χ2v) is 5.99. The lowest BCUT2D eigenvalue weighted by molar-refractivity contribution is -0.124. The Labute approximate surface area is 125 Å². The number of hydrogen-bond donors (Lipinski definition) is 1. The molecule has 1 saturated heterocycles. The van der Waals surface area contributed by atoms with Gasteiger partial charge in [0.1, 0.15) is 6.10 Å². The molecular weight excluding hydrogens is 266 g/mol. The Morgan fingerprint density at radius 1 is 1.33 bits per heavy atom. The second kappa shape index (κ2) is 6.03. The third-order valence-corrected chi connectivity index (χ3v) is 4.24. The van der Waals surface area contributed by atoms with E-state index in [1.807, 2.05) is 6.07 Å². The van der Waals surface area contributed by atoms with Crippen molar-refractivity contribution >= 4 is 17.3 Å². The van der Waals surface area contributed by atoms with Crippen LogP contribution in [0, 0.1) is 0 Å². The van der Waals surface area contributed by atoms with E-state index in [1.165, 1.54) is 11.3 Å². The first-order chi connectivity index (χ1) is 10.1. The fourth-order valence-electron chi connectivity index (χ4n) is 2.95. The first-order valence-corrected chi connectivity index (χ1v) is 7.58. The molecule has 1 N–H and O–H groups in total. The van der Waals surface area contributed by atoms with E-state index >= 15 is 0 Å². The molecule has 1 amide bonds. The fourth-order valence-corrected chi connectivity index (χ4v) is 2.95. The Morgan fingerprint density at radius 3 is 2.95 bits per heavy atom. The number of rotatable bonds is 2. The standard InChI is InChI=1S/C16H23N3O2/c1-18-7-8-19(2)14-10-13(6-5-12(14)11-18)17-16(20)15-4-3-9-21-15/h5-6,10,15H,3-4,7-9,11H2,1-2H3,(H,17,20). The Morgan fingerprint density at radius 2 is 2.19 bits per heavy atom. The van der Waals surface area contributed by atoms with Crippen LogP contribution < -0.4 is 10.2 Å². The summed E-state index contributed by atoms with van der Waals surface area (Å²) in [6, 6.07) is 6.17. The van der Waals surface area contributed by atoms with Crippen molar-refractivity contribution in [3.63, 3.8) is 0 Å². The molecule has 1 aromatic carbocycles. The van der Waals surface area contributed by atoms with Gasteiger partial charge in [0.05, 0.1) is 0 Å². The second-order valence-electron chi connectivity index (χ2n) is 5.99. The maximum atomic E-state index is 12.1. The maximum absolute atomic E-state index is 12.1. The third-order valence-electron chi connectivity index (χ3n) is 4.24. The summed E-state index contributed by atoms with van der Waals surface area (Å²) in [7, 11) is 4.24. The van der Waals surface area contributed by atoms with E-state index in [1.54, 1.807) is 0 Å². The molecule has 1 atom stereocenters. The number of nitrogens with zero attached hydrogens (tertiary/aromatic N) is 2. The quantitative estimate of drug-likeness (QED) is 0.900. The number of anilines is 2. The minimum absolute atomic E-state index is 0.0270. The first-order valence-electron chi connectivity index (χ1n) is 7.58.